The van der Waals surface area contributed by atoms with Gasteiger partial charge < -0.3 is 5.32 Å². The standard InChI is InChI=1S/C11H11BrN2S/c1-8-6-9(4-5-13-8)14-7-10-2-3-11(12)15-10/h2-6H,7H2,1H3,(H,13,14). The summed E-state index contributed by atoms with van der Waals surface area (Å²) in [5, 5.41) is 3.36. The fraction of sp³-hybridized carbons (Fsp3) is 0.182. The minimum Gasteiger partial charge on any atom is -0.380 e. The van der Waals surface area contributed by atoms with Gasteiger partial charge in [-0.1, -0.05) is 0 Å². The van der Waals surface area contributed by atoms with E-state index in [1.54, 1.807) is 11.3 Å². The van der Waals surface area contributed by atoms with Crippen LogP contribution < -0.4 is 5.32 Å². The Morgan fingerprint density at radius 2 is 2.27 bits per heavy atom. The van der Waals surface area contributed by atoms with Crippen molar-refractivity contribution < 1.29 is 0 Å². The molecule has 0 aliphatic rings. The molecule has 0 aliphatic heterocycles. The van der Waals surface area contributed by atoms with Crippen molar-refractivity contribution in [3.8, 4) is 0 Å². The third-order valence-electron chi connectivity index (χ3n) is 1.99. The van der Waals surface area contributed by atoms with Crippen LogP contribution in [0.15, 0.2) is 34.2 Å². The number of nitrogens with zero attached hydrogens (tertiary/aromatic N) is 1. The van der Waals surface area contributed by atoms with Gasteiger partial charge >= 0.3 is 0 Å². The van der Waals surface area contributed by atoms with E-state index < -0.39 is 0 Å². The molecule has 0 amide bonds. The second-order valence-corrected chi connectivity index (χ2v) is 5.79. The molecule has 0 saturated carbocycles. The van der Waals surface area contributed by atoms with Gasteiger partial charge in [-0.05, 0) is 47.1 Å². The molecule has 2 aromatic rings. The highest BCUT2D eigenvalue weighted by Crippen LogP contribution is 2.22. The van der Waals surface area contributed by atoms with Crippen LogP contribution in [-0.2, 0) is 6.54 Å². The van der Waals surface area contributed by atoms with E-state index in [0.29, 0.717) is 0 Å². The van der Waals surface area contributed by atoms with Crippen molar-refractivity contribution in [2.45, 2.75) is 13.5 Å². The van der Waals surface area contributed by atoms with Gasteiger partial charge in [0.05, 0.1) is 3.79 Å². The summed E-state index contributed by atoms with van der Waals surface area (Å²) in [4.78, 5) is 5.47. The molecule has 0 bridgehead atoms. The molecule has 2 nitrogen and oxygen atoms in total. The third kappa shape index (κ3) is 3.04. The van der Waals surface area contributed by atoms with Gasteiger partial charge in [0.25, 0.3) is 0 Å². The Morgan fingerprint density at radius 1 is 1.40 bits per heavy atom. The molecule has 0 aromatic carbocycles. The molecule has 0 fully saturated rings. The first-order chi connectivity index (χ1) is 7.24. The molecule has 78 valence electrons. The Morgan fingerprint density at radius 3 is 2.93 bits per heavy atom. The average molecular weight is 283 g/mol. The number of pyridine rings is 1. The number of hydrogen-bond donors (Lipinski definition) is 1. The topological polar surface area (TPSA) is 24.9 Å². The summed E-state index contributed by atoms with van der Waals surface area (Å²) in [5.41, 5.74) is 2.15. The lowest BCUT2D eigenvalue weighted by molar-refractivity contribution is 1.15. The Hall–Kier alpha value is -0.870. The molecule has 2 heterocycles. The maximum atomic E-state index is 4.15. The number of rotatable bonds is 3. The zero-order valence-corrected chi connectivity index (χ0v) is 10.7. The van der Waals surface area contributed by atoms with Crippen molar-refractivity contribution in [1.82, 2.24) is 4.98 Å². The molecule has 2 rings (SSSR count). The van der Waals surface area contributed by atoms with E-state index >= 15 is 0 Å². The zero-order valence-electron chi connectivity index (χ0n) is 8.33. The molecule has 0 aliphatic carbocycles. The molecule has 0 radical (unpaired) electrons. The molecule has 0 saturated heterocycles. The SMILES string of the molecule is Cc1cc(NCc2ccc(Br)s2)ccn1. The second-order valence-electron chi connectivity index (χ2n) is 3.25. The van der Waals surface area contributed by atoms with Gasteiger partial charge in [0.1, 0.15) is 0 Å². The monoisotopic (exact) mass is 282 g/mol. The zero-order chi connectivity index (χ0) is 10.7. The van der Waals surface area contributed by atoms with Gasteiger partial charge in [0.15, 0.2) is 0 Å². The molecule has 0 unspecified atom stereocenters. The molecular weight excluding hydrogens is 272 g/mol. The Bertz CT molecular complexity index is 453. The van der Waals surface area contributed by atoms with E-state index in [9.17, 15) is 0 Å². The van der Waals surface area contributed by atoms with Crippen LogP contribution in [-0.4, -0.2) is 4.98 Å². The number of aromatic nitrogens is 1. The highest BCUT2D eigenvalue weighted by Gasteiger charge is 1.97. The van der Waals surface area contributed by atoms with E-state index in [2.05, 4.69) is 38.4 Å². The largest absolute Gasteiger partial charge is 0.380 e. The van der Waals surface area contributed by atoms with E-state index in [1.165, 1.54) is 8.66 Å². The summed E-state index contributed by atoms with van der Waals surface area (Å²) >= 11 is 5.20. The summed E-state index contributed by atoms with van der Waals surface area (Å²) in [6, 6.07) is 8.22. The molecule has 2 aromatic heterocycles. The van der Waals surface area contributed by atoms with Crippen LogP contribution in [0.1, 0.15) is 10.6 Å². The second kappa shape index (κ2) is 4.77. The van der Waals surface area contributed by atoms with E-state index in [0.717, 1.165) is 17.9 Å². The first-order valence-corrected chi connectivity index (χ1v) is 6.26. The molecule has 0 spiro atoms. The highest BCUT2D eigenvalue weighted by atomic mass is 79.9. The average Bonchev–Trinajstić information content (AvgIpc) is 2.62. The van der Waals surface area contributed by atoms with Crippen molar-refractivity contribution in [2.75, 3.05) is 5.32 Å². The first-order valence-electron chi connectivity index (χ1n) is 4.65. The van der Waals surface area contributed by atoms with E-state index in [-0.39, 0.29) is 0 Å². The number of aryl methyl sites for hydroxylation is 1. The van der Waals surface area contributed by atoms with Crippen molar-refractivity contribution in [1.29, 1.82) is 0 Å². The molecule has 0 atom stereocenters. The maximum absolute atomic E-state index is 4.15. The lowest BCUT2D eigenvalue weighted by Crippen LogP contribution is -1.97. The molecule has 15 heavy (non-hydrogen) atoms. The van der Waals surface area contributed by atoms with Gasteiger partial charge in [-0.2, -0.15) is 0 Å². The van der Waals surface area contributed by atoms with Crippen LogP contribution in [0.4, 0.5) is 5.69 Å². The molecule has 4 heteroatoms. The summed E-state index contributed by atoms with van der Waals surface area (Å²) in [5.74, 6) is 0. The molecular formula is C11H11BrN2S. The summed E-state index contributed by atoms with van der Waals surface area (Å²) in [6.45, 7) is 2.85. The van der Waals surface area contributed by atoms with Gasteiger partial charge in [0.2, 0.25) is 0 Å². The normalized spacial score (nSPS) is 10.3. The van der Waals surface area contributed by atoms with Crippen LogP contribution in [0.2, 0.25) is 0 Å². The van der Waals surface area contributed by atoms with Gasteiger partial charge in [-0.25, -0.2) is 0 Å². The highest BCUT2D eigenvalue weighted by molar-refractivity contribution is 9.11. The number of anilines is 1. The number of thiophene rings is 1. The third-order valence-corrected chi connectivity index (χ3v) is 3.62. The minimum atomic E-state index is 0.861. The van der Waals surface area contributed by atoms with Gasteiger partial charge in [-0.3, -0.25) is 4.98 Å². The summed E-state index contributed by atoms with van der Waals surface area (Å²) in [6.07, 6.45) is 1.82. The Balaban J connectivity index is 1.99. The predicted molar refractivity (Wildman–Crippen MR) is 68.3 cm³/mol. The van der Waals surface area contributed by atoms with Crippen LogP contribution in [0.25, 0.3) is 0 Å². The van der Waals surface area contributed by atoms with Crippen LogP contribution in [0, 0.1) is 6.92 Å². The number of hydrogen-bond acceptors (Lipinski definition) is 3. The van der Waals surface area contributed by atoms with Gasteiger partial charge in [0, 0.05) is 29.0 Å². The number of nitrogens with one attached hydrogen (secondary N) is 1. The summed E-state index contributed by atoms with van der Waals surface area (Å²) < 4.78 is 1.17. The Labute approximate surface area is 101 Å². The van der Waals surface area contributed by atoms with Crippen molar-refractivity contribution in [2.24, 2.45) is 0 Å². The number of halogens is 1. The summed E-state index contributed by atoms with van der Waals surface area (Å²) in [7, 11) is 0. The predicted octanol–water partition coefficient (Wildman–Crippen LogP) is 3.83. The van der Waals surface area contributed by atoms with E-state index in [1.807, 2.05) is 25.3 Å². The lowest BCUT2D eigenvalue weighted by Gasteiger charge is -2.04. The van der Waals surface area contributed by atoms with Gasteiger partial charge in [-0.15, -0.1) is 11.3 Å². The first kappa shape index (κ1) is 10.6. The smallest absolute Gasteiger partial charge is 0.0702 e. The van der Waals surface area contributed by atoms with E-state index in [4.69, 9.17) is 0 Å². The van der Waals surface area contributed by atoms with Crippen molar-refractivity contribution >= 4 is 33.0 Å². The molecule has 1 N–H and O–H groups in total. The maximum Gasteiger partial charge on any atom is 0.0702 e. The fourth-order valence-corrected chi connectivity index (χ4v) is 2.71. The van der Waals surface area contributed by atoms with Crippen LogP contribution in [0.3, 0.4) is 0 Å². The van der Waals surface area contributed by atoms with Crippen molar-refractivity contribution in [3.05, 3.63) is 44.8 Å². The minimum absolute atomic E-state index is 0.861. The van der Waals surface area contributed by atoms with Crippen molar-refractivity contribution in [3.63, 3.8) is 0 Å². The van der Waals surface area contributed by atoms with Crippen LogP contribution >= 0.6 is 27.3 Å². The quantitative estimate of drug-likeness (QED) is 0.926. The Kier molecular flexibility index (Phi) is 3.38. The van der Waals surface area contributed by atoms with Crippen LogP contribution in [0.5, 0.6) is 0 Å². The lowest BCUT2D eigenvalue weighted by atomic mass is 10.3. The fourth-order valence-electron chi connectivity index (χ4n) is 1.29.